The number of benzene rings is 1. The van der Waals surface area contributed by atoms with Crippen LogP contribution in [0.25, 0.3) is 21.6 Å². The summed E-state index contributed by atoms with van der Waals surface area (Å²) in [6.45, 7) is -0.364. The van der Waals surface area contributed by atoms with Crippen LogP contribution in [0, 0.1) is 11.3 Å². The summed E-state index contributed by atoms with van der Waals surface area (Å²) in [5.41, 5.74) is 7.18. The summed E-state index contributed by atoms with van der Waals surface area (Å²) in [5.74, 6) is 0.726. The van der Waals surface area contributed by atoms with Crippen LogP contribution in [0.4, 0.5) is 5.82 Å². The summed E-state index contributed by atoms with van der Waals surface area (Å²) in [7, 11) is 0. The van der Waals surface area contributed by atoms with E-state index in [0.717, 1.165) is 0 Å². The van der Waals surface area contributed by atoms with Gasteiger partial charge in [0, 0.05) is 10.4 Å². The van der Waals surface area contributed by atoms with Crippen molar-refractivity contribution < 1.29 is 10.2 Å². The second kappa shape index (κ2) is 5.69. The number of aromatic nitrogens is 2. The number of nitriles is 1. The van der Waals surface area contributed by atoms with Crippen molar-refractivity contribution in [1.29, 1.82) is 5.26 Å². The van der Waals surface area contributed by atoms with Gasteiger partial charge in [0.15, 0.2) is 5.82 Å². The van der Waals surface area contributed by atoms with Crippen LogP contribution in [0.2, 0.25) is 0 Å². The third kappa shape index (κ3) is 2.51. The minimum atomic E-state index is -0.955. The molecule has 0 aliphatic rings. The summed E-state index contributed by atoms with van der Waals surface area (Å²) in [6.07, 6.45) is -0.955. The summed E-state index contributed by atoms with van der Waals surface area (Å²) in [6, 6.07) is 10.7. The fraction of sp³-hybridized carbons (Fsp3) is 0.133. The fourth-order valence-electron chi connectivity index (χ4n) is 2.07. The van der Waals surface area contributed by atoms with Crippen LogP contribution >= 0.6 is 11.3 Å². The van der Waals surface area contributed by atoms with Gasteiger partial charge in [0.25, 0.3) is 0 Å². The van der Waals surface area contributed by atoms with Crippen LogP contribution in [0.1, 0.15) is 16.5 Å². The molecule has 4 N–H and O–H groups in total. The number of nitrogen functional groups attached to an aromatic ring is 1. The molecule has 2 aromatic heterocycles. The number of hydrogen-bond acceptors (Lipinski definition) is 7. The maximum absolute atomic E-state index is 9.71. The Balaban J connectivity index is 2.14. The number of hydrogen-bond donors (Lipinski definition) is 3. The molecule has 22 heavy (non-hydrogen) atoms. The highest BCUT2D eigenvalue weighted by Gasteiger charge is 2.15. The minimum absolute atomic E-state index is 0.301. The first-order valence-corrected chi connectivity index (χ1v) is 7.30. The first-order valence-electron chi connectivity index (χ1n) is 6.49. The quantitative estimate of drug-likeness (QED) is 0.679. The lowest BCUT2D eigenvalue weighted by Gasteiger charge is -2.02. The molecule has 0 radical (unpaired) electrons. The maximum Gasteiger partial charge on any atom is 0.163 e. The van der Waals surface area contributed by atoms with Crippen molar-refractivity contribution in [2.24, 2.45) is 0 Å². The van der Waals surface area contributed by atoms with Crippen molar-refractivity contribution >= 4 is 27.4 Å². The van der Waals surface area contributed by atoms with Gasteiger partial charge in [-0.2, -0.15) is 5.26 Å². The molecule has 3 aromatic rings. The molecular formula is C15H12N4O2S. The number of fused-ring (bicyclic) bond motifs is 1. The third-order valence-corrected chi connectivity index (χ3v) is 4.32. The second-order valence-corrected chi connectivity index (χ2v) is 5.75. The lowest BCUT2D eigenvalue weighted by Crippen LogP contribution is -1.99. The normalized spacial score (nSPS) is 12.2. The average Bonchev–Trinajstić information content (AvgIpc) is 2.99. The number of nitrogens with zero attached hydrogens (tertiary/aromatic N) is 3. The highest BCUT2D eigenvalue weighted by Crippen LogP contribution is 2.32. The van der Waals surface area contributed by atoms with Crippen LogP contribution < -0.4 is 5.73 Å². The predicted molar refractivity (Wildman–Crippen MR) is 84.0 cm³/mol. The van der Waals surface area contributed by atoms with Gasteiger partial charge in [-0.05, 0) is 18.2 Å². The number of nitrogens with two attached hydrogens (primary N) is 1. The van der Waals surface area contributed by atoms with Crippen molar-refractivity contribution in [1.82, 2.24) is 9.97 Å². The Hall–Kier alpha value is -2.53. The zero-order chi connectivity index (χ0) is 15.7. The Bertz CT molecular complexity index is 885. The Labute approximate surface area is 130 Å². The molecule has 0 saturated carbocycles. The number of aliphatic hydroxyl groups is 2. The van der Waals surface area contributed by atoms with Crippen molar-refractivity contribution in [3.8, 4) is 17.5 Å². The smallest absolute Gasteiger partial charge is 0.163 e. The first-order chi connectivity index (χ1) is 10.6. The van der Waals surface area contributed by atoms with Crippen LogP contribution in [0.3, 0.4) is 0 Å². The first kappa shape index (κ1) is 14.4. The molecule has 0 aliphatic heterocycles. The minimum Gasteiger partial charge on any atom is -0.393 e. The molecule has 0 aliphatic carbocycles. The van der Waals surface area contributed by atoms with Crippen molar-refractivity contribution in [3.05, 3.63) is 40.8 Å². The standard InChI is InChI=1S/C15H12N4O2S/c16-6-8-2-1-3-9(4-8)14-18-13(17)10-5-12(11(21)7-20)22-15(10)19-14/h1-5,11,20-21H,7H2,(H2,17,18,19)/t11-/m1/s1. The summed E-state index contributed by atoms with van der Waals surface area (Å²) < 4.78 is 0. The van der Waals surface area contributed by atoms with Gasteiger partial charge in [-0.25, -0.2) is 9.97 Å². The molecule has 3 rings (SSSR count). The van der Waals surface area contributed by atoms with Gasteiger partial charge in [-0.15, -0.1) is 11.3 Å². The maximum atomic E-state index is 9.71. The molecule has 0 fully saturated rings. The van der Waals surface area contributed by atoms with E-state index in [0.29, 0.717) is 37.9 Å². The molecule has 2 heterocycles. The van der Waals surface area contributed by atoms with E-state index in [9.17, 15) is 5.11 Å². The highest BCUT2D eigenvalue weighted by atomic mass is 32.1. The molecule has 1 atom stereocenters. The molecular weight excluding hydrogens is 300 g/mol. The fourth-order valence-corrected chi connectivity index (χ4v) is 3.09. The van der Waals surface area contributed by atoms with Gasteiger partial charge in [-0.1, -0.05) is 12.1 Å². The second-order valence-electron chi connectivity index (χ2n) is 4.69. The van der Waals surface area contributed by atoms with Crippen molar-refractivity contribution in [2.75, 3.05) is 12.3 Å². The molecule has 0 saturated heterocycles. The number of rotatable bonds is 3. The van der Waals surface area contributed by atoms with Gasteiger partial charge >= 0.3 is 0 Å². The van der Waals surface area contributed by atoms with Crippen LogP contribution in [0.15, 0.2) is 30.3 Å². The lowest BCUT2D eigenvalue weighted by atomic mass is 10.1. The summed E-state index contributed by atoms with van der Waals surface area (Å²) >= 11 is 1.26. The molecule has 0 unspecified atom stereocenters. The largest absolute Gasteiger partial charge is 0.393 e. The van der Waals surface area contributed by atoms with Gasteiger partial charge in [0.2, 0.25) is 0 Å². The number of aliphatic hydroxyl groups excluding tert-OH is 2. The zero-order valence-electron chi connectivity index (χ0n) is 11.4. The van der Waals surface area contributed by atoms with E-state index >= 15 is 0 Å². The van der Waals surface area contributed by atoms with E-state index < -0.39 is 6.10 Å². The Kier molecular flexibility index (Phi) is 3.73. The SMILES string of the molecule is N#Cc1cccc(-c2nc(N)c3cc([C@H](O)CO)sc3n2)c1. The van der Waals surface area contributed by atoms with Crippen molar-refractivity contribution in [3.63, 3.8) is 0 Å². The van der Waals surface area contributed by atoms with Gasteiger partial charge in [0.05, 0.1) is 23.6 Å². The summed E-state index contributed by atoms with van der Waals surface area (Å²) in [4.78, 5) is 9.93. The van der Waals surface area contributed by atoms with E-state index in [1.54, 1.807) is 30.3 Å². The summed E-state index contributed by atoms with van der Waals surface area (Å²) in [5, 5.41) is 28.4. The van der Waals surface area contributed by atoms with E-state index in [-0.39, 0.29) is 6.61 Å². The van der Waals surface area contributed by atoms with E-state index in [1.165, 1.54) is 11.3 Å². The Morgan fingerprint density at radius 3 is 2.86 bits per heavy atom. The Morgan fingerprint density at radius 2 is 2.14 bits per heavy atom. The third-order valence-electron chi connectivity index (χ3n) is 3.19. The number of anilines is 1. The van der Waals surface area contributed by atoms with Crippen molar-refractivity contribution in [2.45, 2.75) is 6.10 Å². The molecule has 1 aromatic carbocycles. The predicted octanol–water partition coefficient (Wildman–Crippen LogP) is 1.84. The van der Waals surface area contributed by atoms with Gasteiger partial charge < -0.3 is 15.9 Å². The monoisotopic (exact) mass is 312 g/mol. The van der Waals surface area contributed by atoms with Crippen LogP contribution in [-0.4, -0.2) is 26.8 Å². The lowest BCUT2D eigenvalue weighted by molar-refractivity contribution is 0.0984. The molecule has 0 spiro atoms. The van der Waals surface area contributed by atoms with Crippen LogP contribution in [0.5, 0.6) is 0 Å². The van der Waals surface area contributed by atoms with Gasteiger partial charge in [0.1, 0.15) is 16.8 Å². The van der Waals surface area contributed by atoms with E-state index in [1.807, 2.05) is 0 Å². The van der Waals surface area contributed by atoms with Crippen LogP contribution in [-0.2, 0) is 0 Å². The molecule has 110 valence electrons. The van der Waals surface area contributed by atoms with E-state index in [2.05, 4.69) is 16.0 Å². The molecule has 7 heteroatoms. The Morgan fingerprint density at radius 1 is 1.32 bits per heavy atom. The molecule has 6 nitrogen and oxygen atoms in total. The molecule has 0 bridgehead atoms. The highest BCUT2D eigenvalue weighted by molar-refractivity contribution is 7.18. The van der Waals surface area contributed by atoms with E-state index in [4.69, 9.17) is 16.1 Å². The molecule has 0 amide bonds. The topological polar surface area (TPSA) is 116 Å². The number of thiophene rings is 1. The van der Waals surface area contributed by atoms with Gasteiger partial charge in [-0.3, -0.25) is 0 Å². The zero-order valence-corrected chi connectivity index (χ0v) is 12.2. The average molecular weight is 312 g/mol.